The highest BCUT2D eigenvalue weighted by molar-refractivity contribution is 5.97. The van der Waals surface area contributed by atoms with Crippen molar-refractivity contribution in [1.82, 2.24) is 5.32 Å². The summed E-state index contributed by atoms with van der Waals surface area (Å²) in [6.07, 6.45) is 1.91. The lowest BCUT2D eigenvalue weighted by Crippen LogP contribution is -2.37. The smallest absolute Gasteiger partial charge is 0.248 e. The summed E-state index contributed by atoms with van der Waals surface area (Å²) >= 11 is 0. The molecule has 1 aromatic carbocycles. The highest BCUT2D eigenvalue weighted by Gasteiger charge is 2.20. The van der Waals surface area contributed by atoms with E-state index in [4.69, 9.17) is 5.73 Å². The van der Waals surface area contributed by atoms with Gasteiger partial charge in [-0.25, -0.2) is 0 Å². The number of amides is 2. The third kappa shape index (κ3) is 4.22. The van der Waals surface area contributed by atoms with Gasteiger partial charge in [-0.3, -0.25) is 9.59 Å². The molecule has 1 aliphatic heterocycles. The summed E-state index contributed by atoms with van der Waals surface area (Å²) in [4.78, 5) is 23.0. The highest BCUT2D eigenvalue weighted by Crippen LogP contribution is 2.15. The normalized spacial score (nSPS) is 18.2. The lowest BCUT2D eigenvalue weighted by atomic mass is 9.99. The summed E-state index contributed by atoms with van der Waals surface area (Å²) < 4.78 is 0. The van der Waals surface area contributed by atoms with Crippen molar-refractivity contribution < 1.29 is 9.59 Å². The number of hydrogen-bond acceptors (Lipinski definition) is 3. The molecular formula is C13H18ClN3O2. The molecule has 1 saturated heterocycles. The third-order valence-electron chi connectivity index (χ3n) is 3.08. The van der Waals surface area contributed by atoms with Gasteiger partial charge in [0.1, 0.15) is 0 Å². The molecule has 2 amide bonds. The number of anilines is 1. The van der Waals surface area contributed by atoms with Crippen LogP contribution in [-0.2, 0) is 4.79 Å². The number of primary amides is 1. The number of nitrogens with one attached hydrogen (secondary N) is 2. The molecule has 5 nitrogen and oxygen atoms in total. The molecule has 0 bridgehead atoms. The van der Waals surface area contributed by atoms with Crippen LogP contribution in [0.25, 0.3) is 0 Å². The van der Waals surface area contributed by atoms with Crippen molar-refractivity contribution in [3.05, 3.63) is 29.8 Å². The van der Waals surface area contributed by atoms with E-state index in [-0.39, 0.29) is 24.2 Å². The Bertz CT molecular complexity index is 459. The average Bonchev–Trinajstić information content (AvgIpc) is 2.40. The van der Waals surface area contributed by atoms with E-state index < -0.39 is 5.91 Å². The van der Waals surface area contributed by atoms with Gasteiger partial charge in [0.15, 0.2) is 0 Å². The van der Waals surface area contributed by atoms with Gasteiger partial charge in [-0.2, -0.15) is 0 Å². The molecule has 2 rings (SSSR count). The van der Waals surface area contributed by atoms with Gasteiger partial charge in [0, 0.05) is 17.8 Å². The lowest BCUT2D eigenvalue weighted by molar-refractivity contribution is -0.120. The van der Waals surface area contributed by atoms with Crippen molar-refractivity contribution in [3.8, 4) is 0 Å². The predicted octanol–water partition coefficient (Wildman–Crippen LogP) is 1.15. The van der Waals surface area contributed by atoms with Crippen molar-refractivity contribution in [2.24, 2.45) is 11.7 Å². The molecule has 104 valence electrons. The quantitative estimate of drug-likeness (QED) is 0.778. The van der Waals surface area contributed by atoms with Crippen LogP contribution in [0.4, 0.5) is 5.69 Å². The summed E-state index contributed by atoms with van der Waals surface area (Å²) in [7, 11) is 0. The molecule has 1 aromatic rings. The second kappa shape index (κ2) is 7.11. The minimum absolute atomic E-state index is 0. The zero-order valence-electron chi connectivity index (χ0n) is 10.5. The molecule has 0 aromatic heterocycles. The first-order chi connectivity index (χ1) is 8.66. The molecule has 0 spiro atoms. The largest absolute Gasteiger partial charge is 0.366 e. The van der Waals surface area contributed by atoms with Gasteiger partial charge in [0.25, 0.3) is 0 Å². The first kappa shape index (κ1) is 15.5. The van der Waals surface area contributed by atoms with E-state index in [9.17, 15) is 9.59 Å². The Labute approximate surface area is 118 Å². The molecule has 6 heteroatoms. The fourth-order valence-corrected chi connectivity index (χ4v) is 2.07. The molecule has 4 N–H and O–H groups in total. The van der Waals surface area contributed by atoms with E-state index in [0.29, 0.717) is 17.8 Å². The van der Waals surface area contributed by atoms with E-state index in [1.54, 1.807) is 24.3 Å². The average molecular weight is 284 g/mol. The van der Waals surface area contributed by atoms with E-state index in [2.05, 4.69) is 10.6 Å². The zero-order valence-corrected chi connectivity index (χ0v) is 11.3. The van der Waals surface area contributed by atoms with Crippen LogP contribution in [-0.4, -0.2) is 24.9 Å². The Balaban J connectivity index is 0.00000180. The number of carbonyl (C=O) groups is 2. The Kier molecular flexibility index (Phi) is 5.79. The van der Waals surface area contributed by atoms with Gasteiger partial charge in [-0.15, -0.1) is 12.4 Å². The van der Waals surface area contributed by atoms with Crippen LogP contribution < -0.4 is 16.4 Å². The third-order valence-corrected chi connectivity index (χ3v) is 3.08. The van der Waals surface area contributed by atoms with Crippen LogP contribution in [0.1, 0.15) is 23.2 Å². The first-order valence-corrected chi connectivity index (χ1v) is 6.08. The number of rotatable bonds is 3. The summed E-state index contributed by atoms with van der Waals surface area (Å²) in [5, 5.41) is 6.02. The molecule has 1 unspecified atom stereocenters. The van der Waals surface area contributed by atoms with Crippen LogP contribution in [0.5, 0.6) is 0 Å². The van der Waals surface area contributed by atoms with Crippen LogP contribution in [0.3, 0.4) is 0 Å². The summed E-state index contributed by atoms with van der Waals surface area (Å²) in [6.45, 7) is 1.68. The zero-order chi connectivity index (χ0) is 13.0. The molecule has 1 aliphatic rings. The number of carbonyl (C=O) groups excluding carboxylic acids is 2. The fourth-order valence-electron chi connectivity index (χ4n) is 2.07. The number of halogens is 1. The van der Waals surface area contributed by atoms with Crippen LogP contribution in [0.2, 0.25) is 0 Å². The first-order valence-electron chi connectivity index (χ1n) is 6.08. The van der Waals surface area contributed by atoms with Crippen molar-refractivity contribution in [2.45, 2.75) is 12.8 Å². The van der Waals surface area contributed by atoms with Crippen molar-refractivity contribution in [2.75, 3.05) is 18.4 Å². The Morgan fingerprint density at radius 2 is 2.16 bits per heavy atom. The SMILES string of the molecule is Cl.NC(=O)c1cccc(NC(=O)C2CCCNC2)c1. The van der Waals surface area contributed by atoms with E-state index in [1.807, 2.05) is 0 Å². The predicted molar refractivity (Wildman–Crippen MR) is 76.4 cm³/mol. The summed E-state index contributed by atoms with van der Waals surface area (Å²) in [5.41, 5.74) is 6.21. The lowest BCUT2D eigenvalue weighted by Gasteiger charge is -2.21. The van der Waals surface area contributed by atoms with Crippen molar-refractivity contribution >= 4 is 29.9 Å². The molecule has 19 heavy (non-hydrogen) atoms. The second-order valence-corrected chi connectivity index (χ2v) is 4.48. The second-order valence-electron chi connectivity index (χ2n) is 4.48. The molecule has 1 fully saturated rings. The standard InChI is InChI=1S/C13H17N3O2.ClH/c14-12(17)9-3-1-5-11(7-9)16-13(18)10-4-2-6-15-8-10;/h1,3,5,7,10,15H,2,4,6,8H2,(H2,14,17)(H,16,18);1H. The van der Waals surface area contributed by atoms with E-state index in [1.165, 1.54) is 0 Å². The van der Waals surface area contributed by atoms with Gasteiger partial charge in [0.2, 0.25) is 11.8 Å². The molecule has 1 atom stereocenters. The number of hydrogen-bond donors (Lipinski definition) is 3. The molecular weight excluding hydrogens is 266 g/mol. The summed E-state index contributed by atoms with van der Waals surface area (Å²) in [5.74, 6) is -0.509. The van der Waals surface area contributed by atoms with Crippen LogP contribution in [0, 0.1) is 5.92 Å². The molecule has 0 saturated carbocycles. The van der Waals surface area contributed by atoms with Gasteiger partial charge in [-0.1, -0.05) is 6.07 Å². The van der Waals surface area contributed by atoms with Gasteiger partial charge < -0.3 is 16.4 Å². The molecule has 0 aliphatic carbocycles. The van der Waals surface area contributed by atoms with Crippen molar-refractivity contribution in [3.63, 3.8) is 0 Å². The molecule has 1 heterocycles. The minimum Gasteiger partial charge on any atom is -0.366 e. The van der Waals surface area contributed by atoms with E-state index >= 15 is 0 Å². The molecule has 0 radical (unpaired) electrons. The number of benzene rings is 1. The topological polar surface area (TPSA) is 84.2 Å². The number of nitrogens with two attached hydrogens (primary N) is 1. The Hall–Kier alpha value is -1.59. The fraction of sp³-hybridized carbons (Fsp3) is 0.385. The van der Waals surface area contributed by atoms with Gasteiger partial charge in [0.05, 0.1) is 5.92 Å². The summed E-state index contributed by atoms with van der Waals surface area (Å²) in [6, 6.07) is 6.67. The van der Waals surface area contributed by atoms with Gasteiger partial charge >= 0.3 is 0 Å². The maximum absolute atomic E-state index is 12.0. The van der Waals surface area contributed by atoms with Gasteiger partial charge in [-0.05, 0) is 37.6 Å². The van der Waals surface area contributed by atoms with Crippen LogP contribution >= 0.6 is 12.4 Å². The maximum Gasteiger partial charge on any atom is 0.248 e. The monoisotopic (exact) mass is 283 g/mol. The van der Waals surface area contributed by atoms with E-state index in [0.717, 1.165) is 19.4 Å². The minimum atomic E-state index is -0.495. The van der Waals surface area contributed by atoms with Crippen molar-refractivity contribution in [1.29, 1.82) is 0 Å². The maximum atomic E-state index is 12.0. The van der Waals surface area contributed by atoms with Crippen LogP contribution in [0.15, 0.2) is 24.3 Å². The number of piperidine rings is 1. The highest BCUT2D eigenvalue weighted by atomic mass is 35.5. The Morgan fingerprint density at radius 3 is 2.79 bits per heavy atom. The Morgan fingerprint density at radius 1 is 1.37 bits per heavy atom.